The Morgan fingerprint density at radius 2 is 1.94 bits per heavy atom. The average molecular weight is 227 g/mol. The minimum atomic E-state index is -0.458. The van der Waals surface area contributed by atoms with Gasteiger partial charge in [-0.25, -0.2) is 14.4 Å². The van der Waals surface area contributed by atoms with Crippen molar-refractivity contribution in [2.24, 2.45) is 5.41 Å². The lowest BCUT2D eigenvalue weighted by Gasteiger charge is -2.31. The van der Waals surface area contributed by atoms with Gasteiger partial charge >= 0.3 is 0 Å². The monoisotopic (exact) mass is 227 g/mol. The van der Waals surface area contributed by atoms with Crippen molar-refractivity contribution in [1.29, 1.82) is 0 Å². The van der Waals surface area contributed by atoms with E-state index in [4.69, 9.17) is 5.11 Å². The molecule has 0 aliphatic rings. The van der Waals surface area contributed by atoms with Crippen LogP contribution in [0.5, 0.6) is 0 Å². The molecule has 90 valence electrons. The minimum Gasteiger partial charge on any atom is -0.396 e. The topological polar surface area (TPSA) is 58.0 Å². The highest BCUT2D eigenvalue weighted by Gasteiger charge is 2.24. The van der Waals surface area contributed by atoms with Gasteiger partial charge in [0.15, 0.2) is 5.82 Å². The van der Waals surface area contributed by atoms with Crippen LogP contribution in [0.15, 0.2) is 12.4 Å². The van der Waals surface area contributed by atoms with E-state index >= 15 is 0 Å². The van der Waals surface area contributed by atoms with Gasteiger partial charge in [-0.05, 0) is 11.8 Å². The molecule has 5 heteroatoms. The number of aliphatic hydroxyl groups is 1. The molecule has 0 saturated heterocycles. The van der Waals surface area contributed by atoms with Gasteiger partial charge in [-0.1, -0.05) is 20.8 Å². The first kappa shape index (κ1) is 12.8. The van der Waals surface area contributed by atoms with Crippen LogP contribution in [0.2, 0.25) is 0 Å². The summed E-state index contributed by atoms with van der Waals surface area (Å²) in [5.41, 5.74) is -0.0273. The van der Waals surface area contributed by atoms with Gasteiger partial charge in [0.2, 0.25) is 5.95 Å². The summed E-state index contributed by atoms with van der Waals surface area (Å²) in [7, 11) is 0. The van der Waals surface area contributed by atoms with Crippen molar-refractivity contribution in [3.8, 4) is 0 Å². The SMILES string of the molecule is CC(C)(C)C(CCO)Nc1ncc(F)cn1. The van der Waals surface area contributed by atoms with E-state index < -0.39 is 5.82 Å². The molecule has 1 rings (SSSR count). The average Bonchev–Trinajstić information content (AvgIpc) is 2.19. The van der Waals surface area contributed by atoms with Crippen LogP contribution in [0, 0.1) is 11.2 Å². The lowest BCUT2D eigenvalue weighted by Crippen LogP contribution is -2.35. The lowest BCUT2D eigenvalue weighted by molar-refractivity contribution is 0.235. The second-order valence-electron chi connectivity index (χ2n) is 4.80. The Hall–Kier alpha value is -1.23. The zero-order chi connectivity index (χ0) is 12.2. The summed E-state index contributed by atoms with van der Waals surface area (Å²) >= 11 is 0. The fourth-order valence-electron chi connectivity index (χ4n) is 1.39. The minimum absolute atomic E-state index is 0.0273. The largest absolute Gasteiger partial charge is 0.396 e. The van der Waals surface area contributed by atoms with Crippen molar-refractivity contribution < 1.29 is 9.50 Å². The van der Waals surface area contributed by atoms with Crippen LogP contribution in [0.3, 0.4) is 0 Å². The molecular formula is C11H18FN3O. The standard InChI is InChI=1S/C11H18FN3O/c1-11(2,3)9(4-5-16)15-10-13-6-8(12)7-14-10/h6-7,9,16H,4-5H2,1-3H3,(H,13,14,15). The number of aliphatic hydroxyl groups excluding tert-OH is 1. The maximum Gasteiger partial charge on any atom is 0.223 e. The number of nitrogens with one attached hydrogen (secondary N) is 1. The molecule has 2 N–H and O–H groups in total. The molecule has 1 atom stereocenters. The molecular weight excluding hydrogens is 209 g/mol. The van der Waals surface area contributed by atoms with Crippen LogP contribution in [0.4, 0.5) is 10.3 Å². The summed E-state index contributed by atoms with van der Waals surface area (Å²) in [5.74, 6) is -0.0743. The van der Waals surface area contributed by atoms with Gasteiger partial charge in [-0.15, -0.1) is 0 Å². The van der Waals surface area contributed by atoms with E-state index in [0.717, 1.165) is 12.4 Å². The summed E-state index contributed by atoms with van der Waals surface area (Å²) in [4.78, 5) is 7.67. The smallest absolute Gasteiger partial charge is 0.223 e. The summed E-state index contributed by atoms with van der Waals surface area (Å²) in [6, 6.07) is 0.0444. The molecule has 0 aliphatic heterocycles. The molecule has 1 aromatic heterocycles. The van der Waals surface area contributed by atoms with Gasteiger partial charge in [0.1, 0.15) is 0 Å². The third-order valence-electron chi connectivity index (χ3n) is 2.39. The number of rotatable bonds is 4. The second-order valence-corrected chi connectivity index (χ2v) is 4.80. The molecule has 0 aliphatic carbocycles. The van der Waals surface area contributed by atoms with E-state index in [-0.39, 0.29) is 18.1 Å². The Balaban J connectivity index is 2.72. The quantitative estimate of drug-likeness (QED) is 0.823. The Labute approximate surface area is 94.9 Å². The predicted molar refractivity (Wildman–Crippen MR) is 60.6 cm³/mol. The molecule has 0 aromatic carbocycles. The zero-order valence-corrected chi connectivity index (χ0v) is 9.87. The molecule has 0 bridgehead atoms. The Kier molecular flexibility index (Phi) is 4.18. The van der Waals surface area contributed by atoms with Crippen LogP contribution in [-0.4, -0.2) is 27.7 Å². The van der Waals surface area contributed by atoms with Gasteiger partial charge in [0.25, 0.3) is 0 Å². The van der Waals surface area contributed by atoms with Crippen LogP contribution < -0.4 is 5.32 Å². The molecule has 0 spiro atoms. The van der Waals surface area contributed by atoms with E-state index in [9.17, 15) is 4.39 Å². The van der Waals surface area contributed by atoms with E-state index in [1.807, 2.05) is 0 Å². The Bertz CT molecular complexity index is 321. The molecule has 0 radical (unpaired) electrons. The highest BCUT2D eigenvalue weighted by atomic mass is 19.1. The molecule has 4 nitrogen and oxygen atoms in total. The van der Waals surface area contributed by atoms with E-state index in [1.165, 1.54) is 0 Å². The van der Waals surface area contributed by atoms with Crippen molar-refractivity contribution in [3.63, 3.8) is 0 Å². The number of halogens is 1. The second kappa shape index (κ2) is 5.21. The number of anilines is 1. The summed E-state index contributed by atoms with van der Waals surface area (Å²) < 4.78 is 12.6. The normalized spacial score (nSPS) is 13.6. The van der Waals surface area contributed by atoms with Crippen LogP contribution in [0.25, 0.3) is 0 Å². The van der Waals surface area contributed by atoms with Crippen molar-refractivity contribution in [2.45, 2.75) is 33.2 Å². The number of nitrogens with zero attached hydrogens (tertiary/aromatic N) is 2. The number of aromatic nitrogens is 2. The van der Waals surface area contributed by atoms with Gasteiger partial charge in [-0.2, -0.15) is 0 Å². The first-order valence-electron chi connectivity index (χ1n) is 5.28. The summed E-state index contributed by atoms with van der Waals surface area (Å²) in [6.45, 7) is 6.27. The molecule has 1 unspecified atom stereocenters. The van der Waals surface area contributed by atoms with Crippen molar-refractivity contribution in [1.82, 2.24) is 9.97 Å². The van der Waals surface area contributed by atoms with E-state index in [0.29, 0.717) is 12.4 Å². The van der Waals surface area contributed by atoms with Crippen LogP contribution in [-0.2, 0) is 0 Å². The predicted octanol–water partition coefficient (Wildman–Crippen LogP) is 1.82. The van der Waals surface area contributed by atoms with Crippen molar-refractivity contribution in [3.05, 3.63) is 18.2 Å². The first-order valence-corrected chi connectivity index (χ1v) is 5.28. The summed E-state index contributed by atoms with van der Waals surface area (Å²) in [6.07, 6.45) is 2.84. The fraction of sp³-hybridized carbons (Fsp3) is 0.636. The van der Waals surface area contributed by atoms with E-state index in [2.05, 4.69) is 36.1 Å². The third-order valence-corrected chi connectivity index (χ3v) is 2.39. The summed E-state index contributed by atoms with van der Waals surface area (Å²) in [5, 5.41) is 12.1. The molecule has 16 heavy (non-hydrogen) atoms. The molecule has 1 aromatic rings. The fourth-order valence-corrected chi connectivity index (χ4v) is 1.39. The van der Waals surface area contributed by atoms with Crippen LogP contribution in [0.1, 0.15) is 27.2 Å². The van der Waals surface area contributed by atoms with Gasteiger partial charge < -0.3 is 10.4 Å². The molecule has 0 amide bonds. The molecule has 0 fully saturated rings. The number of hydrogen-bond donors (Lipinski definition) is 2. The zero-order valence-electron chi connectivity index (χ0n) is 9.87. The molecule has 0 saturated carbocycles. The highest BCUT2D eigenvalue weighted by molar-refractivity contribution is 5.25. The Morgan fingerprint density at radius 1 is 1.38 bits per heavy atom. The third kappa shape index (κ3) is 3.73. The van der Waals surface area contributed by atoms with Crippen LogP contribution >= 0.6 is 0 Å². The lowest BCUT2D eigenvalue weighted by atomic mass is 9.85. The Morgan fingerprint density at radius 3 is 2.38 bits per heavy atom. The van der Waals surface area contributed by atoms with Gasteiger partial charge in [0.05, 0.1) is 12.4 Å². The van der Waals surface area contributed by atoms with Crippen molar-refractivity contribution in [2.75, 3.05) is 11.9 Å². The maximum atomic E-state index is 12.6. The highest BCUT2D eigenvalue weighted by Crippen LogP contribution is 2.24. The molecule has 1 heterocycles. The number of hydrogen-bond acceptors (Lipinski definition) is 4. The van der Waals surface area contributed by atoms with Crippen molar-refractivity contribution >= 4 is 5.95 Å². The van der Waals surface area contributed by atoms with Gasteiger partial charge in [-0.3, -0.25) is 0 Å². The first-order chi connectivity index (χ1) is 7.43. The van der Waals surface area contributed by atoms with E-state index in [1.54, 1.807) is 0 Å². The van der Waals surface area contributed by atoms with Gasteiger partial charge in [0, 0.05) is 12.6 Å². The maximum absolute atomic E-state index is 12.6.